The van der Waals surface area contributed by atoms with Crippen LogP contribution in [-0.4, -0.2) is 5.71 Å². The third kappa shape index (κ3) is 2.56. The van der Waals surface area contributed by atoms with Crippen molar-refractivity contribution in [2.45, 2.75) is 44.6 Å². The third-order valence-corrected chi connectivity index (χ3v) is 5.44. The van der Waals surface area contributed by atoms with Gasteiger partial charge in [-0.2, -0.15) is 5.10 Å². The molecule has 0 radical (unpaired) electrons. The van der Waals surface area contributed by atoms with Crippen LogP contribution >= 0.6 is 0 Å². The Morgan fingerprint density at radius 2 is 1.65 bits per heavy atom. The molecule has 1 fully saturated rings. The fourth-order valence-electron chi connectivity index (χ4n) is 4.17. The van der Waals surface area contributed by atoms with E-state index in [0.29, 0.717) is 5.92 Å². The third-order valence-electron chi connectivity index (χ3n) is 5.44. The lowest BCUT2D eigenvalue weighted by Crippen LogP contribution is -2.48. The highest BCUT2D eigenvalue weighted by atomic mass is 15.5. The number of hydrogen-bond acceptors (Lipinski definition) is 2. The zero-order chi connectivity index (χ0) is 15.7. The Hall–Kier alpha value is -2.09. The summed E-state index contributed by atoms with van der Waals surface area (Å²) in [6.45, 7) is 2.35. The first-order valence-electron chi connectivity index (χ1n) is 8.75. The van der Waals surface area contributed by atoms with E-state index in [2.05, 4.69) is 72.6 Å². The van der Waals surface area contributed by atoms with E-state index in [1.807, 2.05) is 0 Å². The van der Waals surface area contributed by atoms with Gasteiger partial charge < -0.3 is 0 Å². The second kappa shape index (κ2) is 5.84. The average molecular weight is 304 g/mol. The van der Waals surface area contributed by atoms with Crippen LogP contribution < -0.4 is 5.01 Å². The highest BCUT2D eigenvalue weighted by Crippen LogP contribution is 2.44. The summed E-state index contributed by atoms with van der Waals surface area (Å²) < 4.78 is 0. The Kier molecular flexibility index (Phi) is 3.68. The summed E-state index contributed by atoms with van der Waals surface area (Å²) in [6, 6.07) is 21.5. The normalized spacial score (nSPS) is 27.3. The van der Waals surface area contributed by atoms with E-state index in [1.54, 1.807) is 0 Å². The van der Waals surface area contributed by atoms with Gasteiger partial charge in [-0.15, -0.1) is 0 Å². The van der Waals surface area contributed by atoms with E-state index in [1.165, 1.54) is 42.6 Å². The number of fused-ring (bicyclic) bond motifs is 1. The summed E-state index contributed by atoms with van der Waals surface area (Å²) in [6.07, 6.45) is 6.26. The van der Waals surface area contributed by atoms with Crippen LogP contribution in [0.25, 0.3) is 0 Å². The van der Waals surface area contributed by atoms with E-state index >= 15 is 0 Å². The summed E-state index contributed by atoms with van der Waals surface area (Å²) in [5.41, 5.74) is 3.88. The largest absolute Gasteiger partial charge is 0.255 e. The maximum absolute atomic E-state index is 5.15. The van der Waals surface area contributed by atoms with Gasteiger partial charge in [-0.05, 0) is 50.3 Å². The van der Waals surface area contributed by atoms with Gasteiger partial charge >= 0.3 is 0 Å². The second-order valence-electron chi connectivity index (χ2n) is 7.03. The maximum atomic E-state index is 5.15. The molecule has 0 bridgehead atoms. The molecular formula is C21H24N2. The minimum atomic E-state index is -0.0753. The SMILES string of the molecule is CC1(c2ccccc2)CC2CCCCC2=NN1c1ccccc1. The fraction of sp³-hybridized carbons (Fsp3) is 0.381. The van der Waals surface area contributed by atoms with Crippen molar-refractivity contribution < 1.29 is 0 Å². The maximum Gasteiger partial charge on any atom is 0.0861 e. The first-order chi connectivity index (χ1) is 11.3. The number of anilines is 1. The molecule has 1 aliphatic carbocycles. The highest BCUT2D eigenvalue weighted by Gasteiger charge is 2.42. The molecule has 2 atom stereocenters. The predicted octanol–water partition coefficient (Wildman–Crippen LogP) is 5.36. The van der Waals surface area contributed by atoms with Gasteiger partial charge in [-0.3, -0.25) is 5.01 Å². The molecule has 0 aromatic heterocycles. The summed E-state index contributed by atoms with van der Waals surface area (Å²) >= 11 is 0. The lowest BCUT2D eigenvalue weighted by molar-refractivity contribution is 0.319. The van der Waals surface area contributed by atoms with Crippen molar-refractivity contribution in [1.29, 1.82) is 0 Å². The van der Waals surface area contributed by atoms with Crippen molar-refractivity contribution in [3.05, 3.63) is 66.2 Å². The Labute approximate surface area is 138 Å². The molecule has 2 heteroatoms. The monoisotopic (exact) mass is 304 g/mol. The summed E-state index contributed by atoms with van der Waals surface area (Å²) in [4.78, 5) is 0. The first kappa shape index (κ1) is 14.5. The van der Waals surface area contributed by atoms with Gasteiger partial charge in [-0.1, -0.05) is 55.0 Å². The smallest absolute Gasteiger partial charge is 0.0861 e. The molecule has 0 amide bonds. The van der Waals surface area contributed by atoms with Gasteiger partial charge in [0.1, 0.15) is 0 Å². The molecule has 4 rings (SSSR count). The van der Waals surface area contributed by atoms with E-state index < -0.39 is 0 Å². The molecule has 2 aromatic carbocycles. The van der Waals surface area contributed by atoms with Crippen LogP contribution in [0.3, 0.4) is 0 Å². The van der Waals surface area contributed by atoms with Gasteiger partial charge in [0.2, 0.25) is 0 Å². The molecule has 0 saturated heterocycles. The molecule has 1 aliphatic heterocycles. The van der Waals surface area contributed by atoms with Crippen molar-refractivity contribution >= 4 is 11.4 Å². The van der Waals surface area contributed by atoms with Crippen LogP contribution in [0.5, 0.6) is 0 Å². The van der Waals surface area contributed by atoms with Crippen molar-refractivity contribution in [3.63, 3.8) is 0 Å². The molecule has 0 N–H and O–H groups in total. The number of benzene rings is 2. The van der Waals surface area contributed by atoms with Crippen LogP contribution in [0.15, 0.2) is 65.8 Å². The molecule has 2 nitrogen and oxygen atoms in total. The minimum Gasteiger partial charge on any atom is -0.255 e. The Morgan fingerprint density at radius 1 is 0.957 bits per heavy atom. The zero-order valence-electron chi connectivity index (χ0n) is 13.8. The number of rotatable bonds is 2. The van der Waals surface area contributed by atoms with Crippen molar-refractivity contribution in [2.24, 2.45) is 11.0 Å². The molecule has 2 aromatic rings. The van der Waals surface area contributed by atoms with Gasteiger partial charge in [-0.25, -0.2) is 0 Å². The number of hydrogen-bond donors (Lipinski definition) is 0. The van der Waals surface area contributed by atoms with Crippen LogP contribution in [-0.2, 0) is 5.54 Å². The molecule has 2 unspecified atom stereocenters. The van der Waals surface area contributed by atoms with Gasteiger partial charge in [0.15, 0.2) is 0 Å². The zero-order valence-corrected chi connectivity index (χ0v) is 13.8. The van der Waals surface area contributed by atoms with Gasteiger partial charge in [0.05, 0.1) is 11.2 Å². The van der Waals surface area contributed by atoms with Crippen LogP contribution in [0.1, 0.15) is 44.6 Å². The fourth-order valence-corrected chi connectivity index (χ4v) is 4.17. The van der Waals surface area contributed by atoms with Crippen molar-refractivity contribution in [2.75, 3.05) is 5.01 Å². The Balaban J connectivity index is 1.83. The molecule has 1 heterocycles. The Morgan fingerprint density at radius 3 is 2.39 bits per heavy atom. The van der Waals surface area contributed by atoms with Gasteiger partial charge in [0, 0.05) is 11.6 Å². The average Bonchev–Trinajstić information content (AvgIpc) is 2.62. The van der Waals surface area contributed by atoms with E-state index in [0.717, 1.165) is 6.42 Å². The molecule has 2 aliphatic rings. The lowest BCUT2D eigenvalue weighted by Gasteiger charge is -2.47. The molecule has 118 valence electrons. The first-order valence-corrected chi connectivity index (χ1v) is 8.75. The van der Waals surface area contributed by atoms with Crippen LogP contribution in [0.4, 0.5) is 5.69 Å². The van der Waals surface area contributed by atoms with Crippen molar-refractivity contribution in [3.8, 4) is 0 Å². The summed E-state index contributed by atoms with van der Waals surface area (Å²) in [5.74, 6) is 0.647. The van der Waals surface area contributed by atoms with Crippen LogP contribution in [0, 0.1) is 5.92 Å². The molecule has 23 heavy (non-hydrogen) atoms. The Bertz CT molecular complexity index is 692. The van der Waals surface area contributed by atoms with Crippen LogP contribution in [0.2, 0.25) is 0 Å². The summed E-state index contributed by atoms with van der Waals surface area (Å²) in [5, 5.41) is 7.43. The predicted molar refractivity (Wildman–Crippen MR) is 96.7 cm³/mol. The highest BCUT2D eigenvalue weighted by molar-refractivity contribution is 5.89. The molecule has 1 saturated carbocycles. The van der Waals surface area contributed by atoms with Gasteiger partial charge in [0.25, 0.3) is 0 Å². The topological polar surface area (TPSA) is 15.6 Å². The lowest BCUT2D eigenvalue weighted by atomic mass is 9.74. The summed E-state index contributed by atoms with van der Waals surface area (Å²) in [7, 11) is 0. The second-order valence-corrected chi connectivity index (χ2v) is 7.03. The van der Waals surface area contributed by atoms with Crippen molar-refractivity contribution in [1.82, 2.24) is 0 Å². The quantitative estimate of drug-likeness (QED) is 0.729. The van der Waals surface area contributed by atoms with E-state index in [4.69, 9.17) is 5.10 Å². The van der Waals surface area contributed by atoms with E-state index in [-0.39, 0.29) is 5.54 Å². The number of hydrazone groups is 1. The molecule has 0 spiro atoms. The number of nitrogens with zero attached hydrogens (tertiary/aromatic N) is 2. The van der Waals surface area contributed by atoms with E-state index in [9.17, 15) is 0 Å². The number of para-hydroxylation sites is 1. The standard InChI is InChI=1S/C21H24N2/c1-21(18-11-4-2-5-12-18)16-17-10-8-9-15-20(17)22-23(21)19-13-6-3-7-14-19/h2-7,11-14,17H,8-10,15-16H2,1H3. The molecular weight excluding hydrogens is 280 g/mol. The minimum absolute atomic E-state index is 0.0753.